The summed E-state index contributed by atoms with van der Waals surface area (Å²) in [4.78, 5) is 4.39. The lowest BCUT2D eigenvalue weighted by molar-refractivity contribution is 0.966. The van der Waals surface area contributed by atoms with E-state index in [1.165, 1.54) is 0 Å². The van der Waals surface area contributed by atoms with Gasteiger partial charge in [0.05, 0.1) is 5.02 Å². The minimum absolute atomic E-state index is 0.573. The van der Waals surface area contributed by atoms with Gasteiger partial charge in [-0.1, -0.05) is 29.3 Å². The van der Waals surface area contributed by atoms with E-state index in [0.717, 1.165) is 11.2 Å². The van der Waals surface area contributed by atoms with Gasteiger partial charge < -0.3 is 0 Å². The second kappa shape index (κ2) is 4.02. The van der Waals surface area contributed by atoms with Crippen LogP contribution in [0.2, 0.25) is 10.0 Å². The molecule has 0 amide bonds. The van der Waals surface area contributed by atoms with E-state index in [1.54, 1.807) is 22.7 Å². The first-order chi connectivity index (χ1) is 8.24. The highest BCUT2D eigenvalue weighted by Gasteiger charge is 2.10. The van der Waals surface area contributed by atoms with Gasteiger partial charge in [0, 0.05) is 16.8 Å². The fraction of sp³-hybridized carbons (Fsp3) is 0. The smallest absolute Gasteiger partial charge is 0.183 e. The van der Waals surface area contributed by atoms with Crippen LogP contribution >= 0.6 is 23.2 Å². The highest BCUT2D eigenvalue weighted by atomic mass is 35.5. The summed E-state index contributed by atoms with van der Waals surface area (Å²) in [6, 6.07) is 10.9. The third kappa shape index (κ3) is 1.88. The summed E-state index contributed by atoms with van der Waals surface area (Å²) in [5.41, 5.74) is 1.52. The first-order valence-corrected chi connectivity index (χ1v) is 5.76. The van der Waals surface area contributed by atoms with E-state index >= 15 is 0 Å². The van der Waals surface area contributed by atoms with E-state index in [0.29, 0.717) is 15.9 Å². The van der Waals surface area contributed by atoms with Crippen molar-refractivity contribution in [3.63, 3.8) is 0 Å². The van der Waals surface area contributed by atoms with Gasteiger partial charge >= 0.3 is 0 Å². The standard InChI is InChI=1S/C12H7Cl2N3/c13-8-4-5-10(14)9(7-8)12-15-11-3-1-2-6-17(11)16-12/h1-7H. The molecule has 0 atom stereocenters. The van der Waals surface area contributed by atoms with Crippen LogP contribution in [0.5, 0.6) is 0 Å². The quantitative estimate of drug-likeness (QED) is 0.670. The van der Waals surface area contributed by atoms with Crippen LogP contribution in [-0.4, -0.2) is 14.6 Å². The van der Waals surface area contributed by atoms with Gasteiger partial charge in [-0.25, -0.2) is 9.50 Å². The molecule has 0 fully saturated rings. The van der Waals surface area contributed by atoms with Gasteiger partial charge in [-0.2, -0.15) is 0 Å². The van der Waals surface area contributed by atoms with Crippen molar-refractivity contribution >= 4 is 28.8 Å². The Morgan fingerprint density at radius 3 is 2.76 bits per heavy atom. The van der Waals surface area contributed by atoms with Crippen molar-refractivity contribution < 1.29 is 0 Å². The van der Waals surface area contributed by atoms with E-state index in [9.17, 15) is 0 Å². The molecule has 0 N–H and O–H groups in total. The molecule has 0 aliphatic heterocycles. The summed E-state index contributed by atoms with van der Waals surface area (Å²) < 4.78 is 1.70. The molecule has 2 aromatic heterocycles. The molecule has 3 nitrogen and oxygen atoms in total. The van der Waals surface area contributed by atoms with Gasteiger partial charge in [0.1, 0.15) is 0 Å². The highest BCUT2D eigenvalue weighted by Crippen LogP contribution is 2.28. The summed E-state index contributed by atoms with van der Waals surface area (Å²) in [5.74, 6) is 0.573. The third-order valence-electron chi connectivity index (χ3n) is 2.41. The van der Waals surface area contributed by atoms with Crippen molar-refractivity contribution in [2.45, 2.75) is 0 Å². The van der Waals surface area contributed by atoms with Crippen molar-refractivity contribution in [2.75, 3.05) is 0 Å². The van der Waals surface area contributed by atoms with E-state index < -0.39 is 0 Å². The van der Waals surface area contributed by atoms with Crippen LogP contribution in [0.4, 0.5) is 0 Å². The Labute approximate surface area is 108 Å². The van der Waals surface area contributed by atoms with Gasteiger partial charge in [-0.05, 0) is 30.3 Å². The molecule has 17 heavy (non-hydrogen) atoms. The van der Waals surface area contributed by atoms with Crippen molar-refractivity contribution in [1.82, 2.24) is 14.6 Å². The second-order valence-electron chi connectivity index (χ2n) is 3.56. The molecule has 84 valence electrons. The maximum atomic E-state index is 6.11. The average molecular weight is 264 g/mol. The number of halogens is 2. The first-order valence-electron chi connectivity index (χ1n) is 5.01. The average Bonchev–Trinajstić information content (AvgIpc) is 2.75. The predicted octanol–water partition coefficient (Wildman–Crippen LogP) is 3.70. The number of pyridine rings is 1. The molecule has 0 unspecified atom stereocenters. The molecule has 0 bridgehead atoms. The molecule has 5 heteroatoms. The first kappa shape index (κ1) is 10.6. The van der Waals surface area contributed by atoms with E-state index in [2.05, 4.69) is 10.1 Å². The molecule has 2 heterocycles. The summed E-state index contributed by atoms with van der Waals surface area (Å²) in [5, 5.41) is 5.55. The monoisotopic (exact) mass is 263 g/mol. The predicted molar refractivity (Wildman–Crippen MR) is 68.4 cm³/mol. The number of hydrogen-bond acceptors (Lipinski definition) is 2. The minimum Gasteiger partial charge on any atom is -0.221 e. The fourth-order valence-corrected chi connectivity index (χ4v) is 1.99. The number of rotatable bonds is 1. The normalized spacial score (nSPS) is 10.9. The molecule has 0 aliphatic rings. The van der Waals surface area contributed by atoms with Gasteiger partial charge in [-0.15, -0.1) is 5.10 Å². The van der Waals surface area contributed by atoms with Gasteiger partial charge in [0.25, 0.3) is 0 Å². The molecule has 0 radical (unpaired) electrons. The number of benzene rings is 1. The van der Waals surface area contributed by atoms with Gasteiger partial charge in [0.2, 0.25) is 0 Å². The molecule has 3 rings (SSSR count). The summed E-state index contributed by atoms with van der Waals surface area (Å²) in [6.45, 7) is 0. The summed E-state index contributed by atoms with van der Waals surface area (Å²) in [7, 11) is 0. The number of aromatic nitrogens is 3. The van der Waals surface area contributed by atoms with Crippen molar-refractivity contribution in [1.29, 1.82) is 0 Å². The van der Waals surface area contributed by atoms with E-state index in [1.807, 2.05) is 24.4 Å². The molecule has 0 aliphatic carbocycles. The van der Waals surface area contributed by atoms with E-state index in [4.69, 9.17) is 23.2 Å². The third-order valence-corrected chi connectivity index (χ3v) is 2.98. The second-order valence-corrected chi connectivity index (χ2v) is 4.41. The van der Waals surface area contributed by atoms with Crippen LogP contribution in [0.3, 0.4) is 0 Å². The Hall–Kier alpha value is -1.58. The molecule has 0 spiro atoms. The zero-order valence-corrected chi connectivity index (χ0v) is 10.2. The summed E-state index contributed by atoms with van der Waals surface area (Å²) in [6.07, 6.45) is 1.84. The summed E-state index contributed by atoms with van der Waals surface area (Å²) >= 11 is 12.1. The zero-order valence-electron chi connectivity index (χ0n) is 8.64. The fourth-order valence-electron chi connectivity index (χ4n) is 1.61. The molecular formula is C12H7Cl2N3. The highest BCUT2D eigenvalue weighted by molar-refractivity contribution is 6.35. The van der Waals surface area contributed by atoms with Crippen LogP contribution in [0.15, 0.2) is 42.6 Å². The van der Waals surface area contributed by atoms with Crippen LogP contribution in [0.1, 0.15) is 0 Å². The molecule has 0 saturated heterocycles. The van der Waals surface area contributed by atoms with Crippen molar-refractivity contribution in [3.05, 3.63) is 52.6 Å². The SMILES string of the molecule is Clc1ccc(Cl)c(-c2nc3ccccn3n2)c1. The number of hydrogen-bond donors (Lipinski definition) is 0. The van der Waals surface area contributed by atoms with Crippen molar-refractivity contribution in [2.24, 2.45) is 0 Å². The maximum Gasteiger partial charge on any atom is 0.183 e. The lowest BCUT2D eigenvalue weighted by Gasteiger charge is -1.99. The number of fused-ring (bicyclic) bond motifs is 1. The van der Waals surface area contributed by atoms with E-state index in [-0.39, 0.29) is 0 Å². The molecule has 1 aromatic carbocycles. The molecular weight excluding hydrogens is 257 g/mol. The Bertz CT molecular complexity index is 658. The Kier molecular flexibility index (Phi) is 2.50. The molecule has 0 saturated carbocycles. The lowest BCUT2D eigenvalue weighted by atomic mass is 10.2. The number of nitrogens with zero attached hydrogens (tertiary/aromatic N) is 3. The Balaban J connectivity index is 2.23. The van der Waals surface area contributed by atoms with Crippen LogP contribution in [0, 0.1) is 0 Å². The minimum atomic E-state index is 0.573. The Morgan fingerprint density at radius 2 is 1.94 bits per heavy atom. The lowest BCUT2D eigenvalue weighted by Crippen LogP contribution is -1.85. The van der Waals surface area contributed by atoms with Crippen LogP contribution in [-0.2, 0) is 0 Å². The van der Waals surface area contributed by atoms with Crippen LogP contribution < -0.4 is 0 Å². The molecule has 3 aromatic rings. The van der Waals surface area contributed by atoms with Gasteiger partial charge in [-0.3, -0.25) is 0 Å². The topological polar surface area (TPSA) is 30.2 Å². The zero-order chi connectivity index (χ0) is 11.8. The van der Waals surface area contributed by atoms with Crippen molar-refractivity contribution in [3.8, 4) is 11.4 Å². The maximum absolute atomic E-state index is 6.11. The van der Waals surface area contributed by atoms with Gasteiger partial charge in [0.15, 0.2) is 11.5 Å². The van der Waals surface area contributed by atoms with Crippen LogP contribution in [0.25, 0.3) is 17.0 Å². The Morgan fingerprint density at radius 1 is 1.06 bits per heavy atom. The largest absolute Gasteiger partial charge is 0.221 e.